The fourth-order valence-electron chi connectivity index (χ4n) is 3.12. The first-order chi connectivity index (χ1) is 14.6. The maximum atomic E-state index is 13.4. The Kier molecular flexibility index (Phi) is 8.90. The van der Waals surface area contributed by atoms with Gasteiger partial charge in [-0.1, -0.05) is 52.7 Å². The molecule has 0 fully saturated rings. The Labute approximate surface area is 196 Å². The zero-order chi connectivity index (χ0) is 23.2. The molecule has 0 saturated carbocycles. The van der Waals surface area contributed by atoms with Crippen LogP contribution >= 0.6 is 27.5 Å². The number of hydrogen-bond donors (Lipinski definition) is 1. The van der Waals surface area contributed by atoms with Gasteiger partial charge in [-0.2, -0.15) is 0 Å². The molecule has 0 aliphatic heterocycles. The van der Waals surface area contributed by atoms with Gasteiger partial charge < -0.3 is 10.2 Å². The Bertz CT molecular complexity index is 1030. The van der Waals surface area contributed by atoms with E-state index in [1.54, 1.807) is 55.5 Å². The second kappa shape index (κ2) is 11.0. The van der Waals surface area contributed by atoms with E-state index in [1.807, 2.05) is 0 Å². The van der Waals surface area contributed by atoms with E-state index in [4.69, 9.17) is 11.6 Å². The topological polar surface area (TPSA) is 86.8 Å². The molecular formula is C21H25BrClN3O4S. The van der Waals surface area contributed by atoms with Crippen LogP contribution in [0.1, 0.15) is 18.9 Å². The van der Waals surface area contributed by atoms with Crippen LogP contribution in [-0.2, 0) is 26.2 Å². The van der Waals surface area contributed by atoms with E-state index in [0.29, 0.717) is 21.6 Å². The lowest BCUT2D eigenvalue weighted by atomic mass is 10.1. The van der Waals surface area contributed by atoms with Crippen LogP contribution in [0.5, 0.6) is 0 Å². The molecule has 0 saturated heterocycles. The maximum Gasteiger partial charge on any atom is 0.244 e. The van der Waals surface area contributed by atoms with Crippen molar-refractivity contribution in [1.82, 2.24) is 10.2 Å². The van der Waals surface area contributed by atoms with Crippen LogP contribution in [0.15, 0.2) is 53.0 Å². The molecule has 0 aliphatic rings. The molecule has 168 valence electrons. The van der Waals surface area contributed by atoms with Gasteiger partial charge in [0.2, 0.25) is 21.8 Å². The summed E-state index contributed by atoms with van der Waals surface area (Å²) >= 11 is 9.28. The van der Waals surface area contributed by atoms with E-state index in [-0.39, 0.29) is 12.5 Å². The van der Waals surface area contributed by atoms with Crippen molar-refractivity contribution in [2.75, 3.05) is 24.2 Å². The van der Waals surface area contributed by atoms with Crippen molar-refractivity contribution in [1.29, 1.82) is 0 Å². The highest BCUT2D eigenvalue weighted by atomic mass is 79.9. The summed E-state index contributed by atoms with van der Waals surface area (Å²) in [5, 5.41) is 3.13. The number of benzene rings is 2. The molecule has 0 bridgehead atoms. The minimum absolute atomic E-state index is 0.137. The SMILES string of the molecule is CC[C@H](C(=O)NC)N(Cc1ccc(Cl)cc1)C(=O)CN(c1cccc(Br)c1)S(C)(=O)=O. The van der Waals surface area contributed by atoms with Gasteiger partial charge in [-0.3, -0.25) is 13.9 Å². The van der Waals surface area contributed by atoms with Gasteiger partial charge in [0.25, 0.3) is 0 Å². The Morgan fingerprint density at radius 1 is 1.16 bits per heavy atom. The molecule has 7 nitrogen and oxygen atoms in total. The molecule has 2 aromatic carbocycles. The number of rotatable bonds is 9. The highest BCUT2D eigenvalue weighted by Gasteiger charge is 2.31. The molecule has 2 aromatic rings. The van der Waals surface area contributed by atoms with Crippen LogP contribution in [-0.4, -0.2) is 51.0 Å². The van der Waals surface area contributed by atoms with Crippen molar-refractivity contribution in [2.45, 2.75) is 25.9 Å². The molecule has 0 aromatic heterocycles. The zero-order valence-electron chi connectivity index (χ0n) is 17.5. The summed E-state index contributed by atoms with van der Waals surface area (Å²) in [6, 6.07) is 12.9. The van der Waals surface area contributed by atoms with E-state index in [9.17, 15) is 18.0 Å². The number of anilines is 1. The lowest BCUT2D eigenvalue weighted by molar-refractivity contribution is -0.140. The summed E-state index contributed by atoms with van der Waals surface area (Å²) in [6.07, 6.45) is 1.41. The molecule has 10 heteroatoms. The molecule has 1 N–H and O–H groups in total. The summed E-state index contributed by atoms with van der Waals surface area (Å²) in [5.74, 6) is -0.811. The summed E-state index contributed by atoms with van der Waals surface area (Å²) in [5.41, 5.74) is 1.12. The highest BCUT2D eigenvalue weighted by Crippen LogP contribution is 2.23. The molecule has 0 radical (unpaired) electrons. The van der Waals surface area contributed by atoms with Crippen LogP contribution in [0.3, 0.4) is 0 Å². The number of likely N-dealkylation sites (N-methyl/N-ethyl adjacent to an activating group) is 1. The third-order valence-electron chi connectivity index (χ3n) is 4.67. The summed E-state index contributed by atoms with van der Waals surface area (Å²) < 4.78 is 26.7. The average molecular weight is 531 g/mol. The average Bonchev–Trinajstić information content (AvgIpc) is 2.72. The van der Waals surface area contributed by atoms with Crippen molar-refractivity contribution >= 4 is 55.1 Å². The van der Waals surface area contributed by atoms with Gasteiger partial charge in [0.15, 0.2) is 0 Å². The monoisotopic (exact) mass is 529 g/mol. The number of hydrogen-bond acceptors (Lipinski definition) is 4. The van der Waals surface area contributed by atoms with Gasteiger partial charge in [-0.25, -0.2) is 8.42 Å². The number of amides is 2. The molecule has 2 rings (SSSR count). The van der Waals surface area contributed by atoms with Gasteiger partial charge in [-0.05, 0) is 42.3 Å². The van der Waals surface area contributed by atoms with Gasteiger partial charge in [0.1, 0.15) is 12.6 Å². The third-order valence-corrected chi connectivity index (χ3v) is 6.56. The second-order valence-electron chi connectivity index (χ2n) is 6.94. The molecule has 1 atom stereocenters. The maximum absolute atomic E-state index is 13.4. The number of halogens is 2. The molecular weight excluding hydrogens is 506 g/mol. The van der Waals surface area contributed by atoms with Crippen molar-refractivity contribution in [3.05, 3.63) is 63.6 Å². The van der Waals surface area contributed by atoms with Gasteiger partial charge in [0, 0.05) is 23.1 Å². The van der Waals surface area contributed by atoms with Crippen LogP contribution in [0.25, 0.3) is 0 Å². The van der Waals surface area contributed by atoms with Gasteiger partial charge >= 0.3 is 0 Å². The first kappa shape index (κ1) is 25.2. The van der Waals surface area contributed by atoms with E-state index in [0.717, 1.165) is 16.1 Å². The van der Waals surface area contributed by atoms with Crippen LogP contribution in [0, 0.1) is 0 Å². The summed E-state index contributed by atoms with van der Waals surface area (Å²) in [7, 11) is -2.25. The first-order valence-corrected chi connectivity index (χ1v) is 12.6. The predicted octanol–water partition coefficient (Wildman–Crippen LogP) is 3.42. The number of carbonyl (C=O) groups excluding carboxylic acids is 2. The van der Waals surface area contributed by atoms with Crippen LogP contribution in [0.2, 0.25) is 5.02 Å². The fourth-order valence-corrected chi connectivity index (χ4v) is 4.47. The number of nitrogens with one attached hydrogen (secondary N) is 1. The van der Waals surface area contributed by atoms with E-state index >= 15 is 0 Å². The molecule has 0 aliphatic carbocycles. The van der Waals surface area contributed by atoms with Crippen molar-refractivity contribution in [3.8, 4) is 0 Å². The van der Waals surface area contributed by atoms with Gasteiger partial charge in [0.05, 0.1) is 11.9 Å². The van der Waals surface area contributed by atoms with Gasteiger partial charge in [-0.15, -0.1) is 0 Å². The standard InChI is InChI=1S/C21H25BrClN3O4S/c1-4-19(21(28)24-2)25(13-15-8-10-17(23)11-9-15)20(27)14-26(31(3,29)30)18-7-5-6-16(22)12-18/h5-12,19H,4,13-14H2,1-3H3,(H,24,28)/t19-/m1/s1. The summed E-state index contributed by atoms with van der Waals surface area (Å²) in [4.78, 5) is 27.2. The smallest absolute Gasteiger partial charge is 0.244 e. The number of carbonyl (C=O) groups is 2. The normalized spacial score (nSPS) is 12.2. The molecule has 0 heterocycles. The zero-order valence-corrected chi connectivity index (χ0v) is 20.7. The lowest BCUT2D eigenvalue weighted by Gasteiger charge is -2.32. The molecule has 2 amide bonds. The van der Waals surface area contributed by atoms with E-state index in [1.165, 1.54) is 11.9 Å². The first-order valence-electron chi connectivity index (χ1n) is 9.55. The number of sulfonamides is 1. The molecule has 0 spiro atoms. The van der Waals surface area contributed by atoms with Crippen molar-refractivity contribution in [3.63, 3.8) is 0 Å². The third kappa shape index (κ3) is 6.95. The molecule has 31 heavy (non-hydrogen) atoms. The fraction of sp³-hybridized carbons (Fsp3) is 0.333. The lowest BCUT2D eigenvalue weighted by Crippen LogP contribution is -2.51. The largest absolute Gasteiger partial charge is 0.357 e. The summed E-state index contributed by atoms with van der Waals surface area (Å²) in [6.45, 7) is 1.50. The van der Waals surface area contributed by atoms with Crippen LogP contribution in [0.4, 0.5) is 5.69 Å². The Hall–Kier alpha value is -2.10. The number of nitrogens with zero attached hydrogens (tertiary/aromatic N) is 2. The highest BCUT2D eigenvalue weighted by molar-refractivity contribution is 9.10. The van der Waals surface area contributed by atoms with E-state index in [2.05, 4.69) is 21.2 Å². The van der Waals surface area contributed by atoms with Crippen LogP contribution < -0.4 is 9.62 Å². The minimum atomic E-state index is -3.75. The van der Waals surface area contributed by atoms with Crippen molar-refractivity contribution in [2.24, 2.45) is 0 Å². The Morgan fingerprint density at radius 2 is 1.81 bits per heavy atom. The van der Waals surface area contributed by atoms with Crippen molar-refractivity contribution < 1.29 is 18.0 Å². The quantitative estimate of drug-likeness (QED) is 0.538. The minimum Gasteiger partial charge on any atom is -0.357 e. The second-order valence-corrected chi connectivity index (χ2v) is 10.2. The Balaban J connectivity index is 2.41. The molecule has 0 unspecified atom stereocenters. The van der Waals surface area contributed by atoms with E-state index < -0.39 is 28.5 Å². The Morgan fingerprint density at radius 3 is 2.32 bits per heavy atom. The predicted molar refractivity (Wildman–Crippen MR) is 126 cm³/mol.